The summed E-state index contributed by atoms with van der Waals surface area (Å²) in [6, 6.07) is 4.05. The highest BCUT2D eigenvalue weighted by Gasteiger charge is 2.12. The number of aldehydes is 1. The van der Waals surface area contributed by atoms with Gasteiger partial charge in [-0.15, -0.1) is 0 Å². The van der Waals surface area contributed by atoms with Gasteiger partial charge in [-0.25, -0.2) is 4.98 Å². The van der Waals surface area contributed by atoms with E-state index in [9.17, 15) is 4.79 Å². The van der Waals surface area contributed by atoms with Crippen molar-refractivity contribution in [2.45, 2.75) is 39.0 Å². The van der Waals surface area contributed by atoms with E-state index in [2.05, 4.69) is 22.9 Å². The molecule has 92 valence electrons. The predicted molar refractivity (Wildman–Crippen MR) is 69.7 cm³/mol. The molecule has 2 rings (SSSR count). The zero-order valence-corrected chi connectivity index (χ0v) is 10.5. The Bertz CT molecular complexity index is 384. The van der Waals surface area contributed by atoms with Crippen LogP contribution in [0.25, 0.3) is 0 Å². The quantitative estimate of drug-likeness (QED) is 0.748. The molecule has 0 saturated carbocycles. The molecule has 1 aliphatic heterocycles. The van der Waals surface area contributed by atoms with Gasteiger partial charge in [0, 0.05) is 24.5 Å². The molecule has 3 heteroatoms. The van der Waals surface area contributed by atoms with E-state index in [-0.39, 0.29) is 0 Å². The van der Waals surface area contributed by atoms with Gasteiger partial charge in [0.1, 0.15) is 5.69 Å². The average molecular weight is 232 g/mol. The second kappa shape index (κ2) is 5.80. The van der Waals surface area contributed by atoms with E-state index in [1.54, 1.807) is 0 Å². The molecule has 1 aliphatic rings. The highest BCUT2D eigenvalue weighted by atomic mass is 16.1. The van der Waals surface area contributed by atoms with Crippen LogP contribution >= 0.6 is 0 Å². The van der Waals surface area contributed by atoms with Crippen molar-refractivity contribution in [1.82, 2.24) is 4.98 Å². The lowest BCUT2D eigenvalue weighted by Crippen LogP contribution is -2.29. The van der Waals surface area contributed by atoms with E-state index in [1.165, 1.54) is 24.9 Å². The smallest absolute Gasteiger partial charge is 0.168 e. The molecule has 0 aliphatic carbocycles. The molecule has 2 heterocycles. The van der Waals surface area contributed by atoms with Crippen LogP contribution in [-0.2, 0) is 6.42 Å². The maximum Gasteiger partial charge on any atom is 0.168 e. The fraction of sp³-hybridized carbons (Fsp3) is 0.571. The second-order valence-corrected chi connectivity index (χ2v) is 4.66. The van der Waals surface area contributed by atoms with Gasteiger partial charge in [-0.2, -0.15) is 0 Å². The van der Waals surface area contributed by atoms with Gasteiger partial charge in [0.05, 0.1) is 0 Å². The number of pyridine rings is 1. The molecule has 0 N–H and O–H groups in total. The number of anilines is 1. The highest BCUT2D eigenvalue weighted by molar-refractivity contribution is 5.74. The molecule has 1 fully saturated rings. The number of aryl methyl sites for hydroxylation is 1. The first kappa shape index (κ1) is 12.1. The lowest BCUT2D eigenvalue weighted by molar-refractivity contribution is 0.111. The van der Waals surface area contributed by atoms with Crippen LogP contribution in [0.4, 0.5) is 5.69 Å². The van der Waals surface area contributed by atoms with Crippen molar-refractivity contribution in [2.75, 3.05) is 18.0 Å². The van der Waals surface area contributed by atoms with Crippen molar-refractivity contribution in [3.63, 3.8) is 0 Å². The largest absolute Gasteiger partial charge is 0.371 e. The van der Waals surface area contributed by atoms with E-state index >= 15 is 0 Å². The minimum absolute atomic E-state index is 0.566. The lowest BCUT2D eigenvalue weighted by atomic mass is 10.1. The zero-order chi connectivity index (χ0) is 12.1. The third kappa shape index (κ3) is 3.05. The van der Waals surface area contributed by atoms with Crippen molar-refractivity contribution in [1.29, 1.82) is 0 Å². The highest BCUT2D eigenvalue weighted by Crippen LogP contribution is 2.21. The number of nitrogens with zero attached hydrogens (tertiary/aromatic N) is 2. The molecule has 0 bridgehead atoms. The first-order valence-electron chi connectivity index (χ1n) is 6.54. The fourth-order valence-corrected chi connectivity index (χ4v) is 2.37. The Labute approximate surface area is 103 Å². The first-order valence-corrected chi connectivity index (χ1v) is 6.54. The fourth-order valence-electron chi connectivity index (χ4n) is 2.37. The summed E-state index contributed by atoms with van der Waals surface area (Å²) in [4.78, 5) is 17.6. The van der Waals surface area contributed by atoms with Crippen LogP contribution in [0.3, 0.4) is 0 Å². The Morgan fingerprint density at radius 3 is 2.71 bits per heavy atom. The SMILES string of the molecule is CCCc1cc(N2CCCCC2)cc(C=O)n1. The summed E-state index contributed by atoms with van der Waals surface area (Å²) in [7, 11) is 0. The molecule has 0 aromatic carbocycles. The monoisotopic (exact) mass is 232 g/mol. The number of hydrogen-bond acceptors (Lipinski definition) is 3. The van der Waals surface area contributed by atoms with E-state index < -0.39 is 0 Å². The van der Waals surface area contributed by atoms with E-state index in [1.807, 2.05) is 6.07 Å². The maximum atomic E-state index is 10.9. The molecular formula is C14H20N2O. The van der Waals surface area contributed by atoms with Crippen LogP contribution in [0.2, 0.25) is 0 Å². The van der Waals surface area contributed by atoms with Gasteiger partial charge in [0.15, 0.2) is 6.29 Å². The Morgan fingerprint density at radius 1 is 1.29 bits per heavy atom. The van der Waals surface area contributed by atoms with Crippen molar-refractivity contribution in [2.24, 2.45) is 0 Å². The Kier molecular flexibility index (Phi) is 4.13. The summed E-state index contributed by atoms with van der Waals surface area (Å²) < 4.78 is 0. The molecule has 1 saturated heterocycles. The molecular weight excluding hydrogens is 212 g/mol. The first-order chi connectivity index (χ1) is 8.33. The Morgan fingerprint density at radius 2 is 2.06 bits per heavy atom. The lowest BCUT2D eigenvalue weighted by Gasteiger charge is -2.29. The third-order valence-corrected chi connectivity index (χ3v) is 3.23. The number of carbonyl (C=O) groups excluding carboxylic acids is 1. The third-order valence-electron chi connectivity index (χ3n) is 3.23. The Balaban J connectivity index is 2.24. The van der Waals surface area contributed by atoms with Crippen LogP contribution in [0.5, 0.6) is 0 Å². The summed E-state index contributed by atoms with van der Waals surface area (Å²) in [6.45, 7) is 4.34. The standard InChI is InChI=1S/C14H20N2O/c1-2-6-12-9-14(10-13(11-17)15-12)16-7-4-3-5-8-16/h9-11H,2-8H2,1H3. The van der Waals surface area contributed by atoms with E-state index in [0.29, 0.717) is 5.69 Å². The van der Waals surface area contributed by atoms with Crippen LogP contribution < -0.4 is 4.90 Å². The average Bonchev–Trinajstić information content (AvgIpc) is 2.40. The number of piperidine rings is 1. The predicted octanol–water partition coefficient (Wildman–Crippen LogP) is 2.84. The molecule has 0 unspecified atom stereocenters. The maximum absolute atomic E-state index is 10.9. The molecule has 0 atom stereocenters. The van der Waals surface area contributed by atoms with Gasteiger partial charge in [-0.05, 0) is 37.8 Å². The normalized spacial score (nSPS) is 15.9. The van der Waals surface area contributed by atoms with Crippen molar-refractivity contribution in [3.8, 4) is 0 Å². The zero-order valence-electron chi connectivity index (χ0n) is 10.5. The topological polar surface area (TPSA) is 33.2 Å². The summed E-state index contributed by atoms with van der Waals surface area (Å²) in [5.74, 6) is 0. The summed E-state index contributed by atoms with van der Waals surface area (Å²) >= 11 is 0. The summed E-state index contributed by atoms with van der Waals surface area (Å²) in [5, 5.41) is 0. The van der Waals surface area contributed by atoms with Crippen LogP contribution in [-0.4, -0.2) is 24.4 Å². The van der Waals surface area contributed by atoms with Gasteiger partial charge < -0.3 is 4.90 Å². The van der Waals surface area contributed by atoms with Gasteiger partial charge in [0.2, 0.25) is 0 Å². The summed E-state index contributed by atoms with van der Waals surface area (Å²) in [6.07, 6.45) is 6.69. The molecule has 0 amide bonds. The minimum Gasteiger partial charge on any atom is -0.371 e. The molecule has 3 nitrogen and oxygen atoms in total. The molecule has 0 spiro atoms. The van der Waals surface area contributed by atoms with Crippen molar-refractivity contribution in [3.05, 3.63) is 23.5 Å². The molecule has 17 heavy (non-hydrogen) atoms. The number of rotatable bonds is 4. The molecule has 0 radical (unpaired) electrons. The van der Waals surface area contributed by atoms with Crippen LogP contribution in [0.15, 0.2) is 12.1 Å². The van der Waals surface area contributed by atoms with E-state index in [0.717, 1.165) is 37.9 Å². The number of aromatic nitrogens is 1. The summed E-state index contributed by atoms with van der Waals surface area (Å²) in [5.41, 5.74) is 2.78. The van der Waals surface area contributed by atoms with Gasteiger partial charge in [-0.3, -0.25) is 4.79 Å². The molecule has 1 aromatic rings. The Hall–Kier alpha value is -1.38. The number of carbonyl (C=O) groups is 1. The second-order valence-electron chi connectivity index (χ2n) is 4.66. The minimum atomic E-state index is 0.566. The van der Waals surface area contributed by atoms with Crippen LogP contribution in [0, 0.1) is 0 Å². The van der Waals surface area contributed by atoms with Gasteiger partial charge >= 0.3 is 0 Å². The van der Waals surface area contributed by atoms with Gasteiger partial charge in [-0.1, -0.05) is 13.3 Å². The van der Waals surface area contributed by atoms with Crippen molar-refractivity contribution < 1.29 is 4.79 Å². The van der Waals surface area contributed by atoms with Crippen LogP contribution in [0.1, 0.15) is 48.8 Å². The van der Waals surface area contributed by atoms with E-state index in [4.69, 9.17) is 0 Å². The molecule has 1 aromatic heterocycles. The van der Waals surface area contributed by atoms with Gasteiger partial charge in [0.25, 0.3) is 0 Å². The number of hydrogen-bond donors (Lipinski definition) is 0. The van der Waals surface area contributed by atoms with Crippen molar-refractivity contribution >= 4 is 12.0 Å².